The summed E-state index contributed by atoms with van der Waals surface area (Å²) in [5, 5.41) is 4.52. The van der Waals surface area contributed by atoms with E-state index in [-0.39, 0.29) is 31.5 Å². The molecule has 0 aliphatic heterocycles. The van der Waals surface area contributed by atoms with E-state index in [0.29, 0.717) is 16.2 Å². The average Bonchev–Trinajstić information content (AvgIpc) is 3.04. The van der Waals surface area contributed by atoms with E-state index in [4.69, 9.17) is 14.5 Å². The van der Waals surface area contributed by atoms with Crippen molar-refractivity contribution in [2.24, 2.45) is 0 Å². The smallest absolute Gasteiger partial charge is 0.302 e. The van der Waals surface area contributed by atoms with Crippen LogP contribution >= 0.6 is 19.0 Å². The molecule has 0 bridgehead atoms. The molecular weight excluding hydrogens is 563 g/mol. The van der Waals surface area contributed by atoms with Gasteiger partial charge in [-0.1, -0.05) is 84.9 Å². The number of hydrogen-bond acceptors (Lipinski definition) is 6. The van der Waals surface area contributed by atoms with Gasteiger partial charge in [-0.25, -0.2) is 4.98 Å². The molecular formula is C34H32N2O4PS+. The lowest BCUT2D eigenvalue weighted by molar-refractivity contribution is -0.142. The molecule has 0 radical (unpaired) electrons. The van der Waals surface area contributed by atoms with Crippen LogP contribution in [0.1, 0.15) is 6.92 Å². The summed E-state index contributed by atoms with van der Waals surface area (Å²) in [6.07, 6.45) is 1.97. The van der Waals surface area contributed by atoms with E-state index in [1.54, 1.807) is 4.57 Å². The zero-order valence-electron chi connectivity index (χ0n) is 23.6. The van der Waals surface area contributed by atoms with Gasteiger partial charge in [0.05, 0.1) is 6.61 Å². The van der Waals surface area contributed by atoms with Crippen LogP contribution in [-0.2, 0) is 21.0 Å². The van der Waals surface area contributed by atoms with Gasteiger partial charge in [0.25, 0.3) is 0 Å². The fourth-order valence-electron chi connectivity index (χ4n) is 5.07. The first kappa shape index (κ1) is 29.5. The van der Waals surface area contributed by atoms with E-state index >= 15 is 4.79 Å². The summed E-state index contributed by atoms with van der Waals surface area (Å²) in [4.78, 5) is 31.5. The zero-order valence-corrected chi connectivity index (χ0v) is 25.3. The number of hydrogen-bond donors (Lipinski definition) is 0. The van der Waals surface area contributed by atoms with Crippen LogP contribution in [0.2, 0.25) is 0 Å². The van der Waals surface area contributed by atoms with Crippen LogP contribution in [0.4, 0.5) is 0 Å². The molecule has 0 amide bonds. The quantitative estimate of drug-likeness (QED) is 0.0720. The second kappa shape index (κ2) is 13.8. The molecule has 5 rings (SSSR count). The van der Waals surface area contributed by atoms with Gasteiger partial charge in [0.15, 0.2) is 7.26 Å². The van der Waals surface area contributed by atoms with Gasteiger partial charge in [-0.2, -0.15) is 0 Å². The zero-order chi connectivity index (χ0) is 29.4. The Labute approximate surface area is 250 Å². The van der Waals surface area contributed by atoms with Crippen molar-refractivity contribution < 1.29 is 14.3 Å². The minimum absolute atomic E-state index is 0.0443. The van der Waals surface area contributed by atoms with Crippen molar-refractivity contribution in [3.05, 3.63) is 132 Å². The lowest BCUT2D eigenvalue weighted by Crippen LogP contribution is -2.49. The molecule has 0 N–H and O–H groups in total. The van der Waals surface area contributed by atoms with E-state index in [2.05, 4.69) is 36.4 Å². The normalized spacial score (nSPS) is 11.3. The second-order valence-corrected chi connectivity index (χ2v) is 13.6. The lowest BCUT2D eigenvalue weighted by atomic mass is 10.2. The number of rotatable bonds is 11. The summed E-state index contributed by atoms with van der Waals surface area (Å²) in [5.41, 5.74) is 0.647. The van der Waals surface area contributed by atoms with Crippen LogP contribution in [0.3, 0.4) is 0 Å². The fourth-order valence-corrected chi connectivity index (χ4v) is 10.5. The van der Waals surface area contributed by atoms with Crippen LogP contribution in [-0.4, -0.2) is 35.0 Å². The maximum absolute atomic E-state index is 15.1. The predicted molar refractivity (Wildman–Crippen MR) is 173 cm³/mol. The maximum atomic E-state index is 15.1. The van der Waals surface area contributed by atoms with E-state index in [9.17, 15) is 4.79 Å². The van der Waals surface area contributed by atoms with Crippen LogP contribution in [0.15, 0.2) is 131 Å². The van der Waals surface area contributed by atoms with Crippen molar-refractivity contribution in [3.63, 3.8) is 0 Å². The van der Waals surface area contributed by atoms with Gasteiger partial charge >= 0.3 is 11.5 Å². The van der Waals surface area contributed by atoms with Gasteiger partial charge in [0.2, 0.25) is 5.30 Å². The largest absolute Gasteiger partial charge is 0.463 e. The third-order valence-electron chi connectivity index (χ3n) is 6.86. The minimum Gasteiger partial charge on any atom is -0.463 e. The number of esters is 1. The Morgan fingerprint density at radius 1 is 0.762 bits per heavy atom. The summed E-state index contributed by atoms with van der Waals surface area (Å²) in [7, 11) is -2.74. The molecule has 42 heavy (non-hydrogen) atoms. The molecule has 4 aromatic carbocycles. The first-order valence-electron chi connectivity index (χ1n) is 13.6. The molecule has 8 heteroatoms. The fraction of sp³-hybridized carbons (Fsp3) is 0.147. The first-order chi connectivity index (χ1) is 20.6. The standard InChI is InChI=1S/C34H32N2O4PS/c1-26(37)40-24-23-39-25-36-32(27-15-7-3-8-16-27)35-33(42-2)31(34(36)38)41(28-17-9-4-10-18-28,29-19-11-5-12-20-29)30-21-13-6-14-22-30/h3-22H,23-25H2,1-2H3/q+1. The molecule has 1 heterocycles. The molecule has 0 aliphatic rings. The maximum Gasteiger partial charge on any atom is 0.302 e. The Morgan fingerprint density at radius 2 is 1.24 bits per heavy atom. The van der Waals surface area contributed by atoms with Gasteiger partial charge in [0, 0.05) is 12.5 Å². The Kier molecular flexibility index (Phi) is 9.65. The van der Waals surface area contributed by atoms with Gasteiger partial charge in [0.1, 0.15) is 40.1 Å². The summed E-state index contributed by atoms with van der Waals surface area (Å²) in [5.74, 6) is 0.144. The predicted octanol–water partition coefficient (Wildman–Crippen LogP) is 4.79. The Bertz CT molecular complexity index is 1590. The molecule has 0 aliphatic carbocycles. The number of nitrogens with zero attached hydrogens (tertiary/aromatic N) is 2. The number of thioether (sulfide) groups is 1. The molecule has 0 atom stereocenters. The number of carbonyl (C=O) groups is 1. The molecule has 0 saturated heterocycles. The van der Waals surface area contributed by atoms with Gasteiger partial charge < -0.3 is 9.47 Å². The molecule has 0 saturated carbocycles. The second-order valence-electron chi connectivity index (χ2n) is 9.45. The van der Waals surface area contributed by atoms with E-state index in [1.165, 1.54) is 18.7 Å². The highest BCUT2D eigenvalue weighted by molar-refractivity contribution is 8.04. The van der Waals surface area contributed by atoms with Crippen LogP contribution < -0.4 is 26.8 Å². The molecule has 0 fully saturated rings. The molecule has 0 spiro atoms. The molecule has 5 aromatic rings. The van der Waals surface area contributed by atoms with Crippen molar-refractivity contribution in [3.8, 4) is 11.4 Å². The lowest BCUT2D eigenvalue weighted by Gasteiger charge is -2.28. The van der Waals surface area contributed by atoms with Crippen LogP contribution in [0.5, 0.6) is 0 Å². The minimum atomic E-state index is -2.74. The van der Waals surface area contributed by atoms with Crippen molar-refractivity contribution in [1.29, 1.82) is 0 Å². The molecule has 6 nitrogen and oxygen atoms in total. The number of carbonyl (C=O) groups excluding carboxylic acids is 1. The molecule has 1 aromatic heterocycles. The van der Waals surface area contributed by atoms with E-state index < -0.39 is 7.26 Å². The van der Waals surface area contributed by atoms with Crippen molar-refractivity contribution in [2.45, 2.75) is 18.7 Å². The highest BCUT2D eigenvalue weighted by Crippen LogP contribution is 2.54. The number of ether oxygens (including phenoxy) is 2. The van der Waals surface area contributed by atoms with Crippen LogP contribution in [0, 0.1) is 0 Å². The van der Waals surface area contributed by atoms with Gasteiger partial charge in [-0.05, 0) is 42.7 Å². The summed E-state index contributed by atoms with van der Waals surface area (Å²) < 4.78 is 12.6. The third-order valence-corrected chi connectivity index (χ3v) is 12.0. The van der Waals surface area contributed by atoms with Crippen molar-refractivity contribution in [2.75, 3.05) is 19.5 Å². The highest BCUT2D eigenvalue weighted by atomic mass is 32.2. The molecule has 0 unspecified atom stereocenters. The number of benzene rings is 4. The van der Waals surface area contributed by atoms with Crippen molar-refractivity contribution in [1.82, 2.24) is 9.55 Å². The highest BCUT2D eigenvalue weighted by Gasteiger charge is 2.52. The monoisotopic (exact) mass is 595 g/mol. The summed E-state index contributed by atoms with van der Waals surface area (Å²) >= 11 is 1.48. The summed E-state index contributed by atoms with van der Waals surface area (Å²) in [6.45, 7) is 1.56. The summed E-state index contributed by atoms with van der Waals surface area (Å²) in [6, 6.07) is 40.5. The van der Waals surface area contributed by atoms with Gasteiger partial charge in [-0.15, -0.1) is 11.8 Å². The third kappa shape index (κ3) is 5.95. The Balaban J connectivity index is 1.84. The van der Waals surface area contributed by atoms with Crippen LogP contribution in [0.25, 0.3) is 11.4 Å². The average molecular weight is 596 g/mol. The topological polar surface area (TPSA) is 70.4 Å². The number of aromatic nitrogens is 2. The van der Waals surface area contributed by atoms with E-state index in [1.807, 2.05) is 91.2 Å². The van der Waals surface area contributed by atoms with Crippen molar-refractivity contribution >= 4 is 46.2 Å². The Morgan fingerprint density at radius 3 is 1.69 bits per heavy atom. The Hall–Kier alpha value is -4.03. The van der Waals surface area contributed by atoms with E-state index in [0.717, 1.165) is 21.5 Å². The van der Waals surface area contributed by atoms with Gasteiger partial charge in [-0.3, -0.25) is 14.2 Å². The first-order valence-corrected chi connectivity index (χ1v) is 16.6. The molecule has 212 valence electrons. The SMILES string of the molecule is CSc1nc(-c2ccccc2)n(COCCOC(C)=O)c(=O)c1[P+](c1ccccc1)(c1ccccc1)c1ccccc1.